The zero-order valence-electron chi connectivity index (χ0n) is 15.0. The Hall–Kier alpha value is -1.36. The number of nitrogens with zero attached hydrogens (tertiary/aromatic N) is 4. The van der Waals surface area contributed by atoms with Crippen molar-refractivity contribution in [2.24, 2.45) is 0 Å². The minimum atomic E-state index is -5.18. The lowest BCUT2D eigenvalue weighted by Gasteiger charge is -2.16. The van der Waals surface area contributed by atoms with Gasteiger partial charge in [-0.05, 0) is 0 Å². The molecule has 2 aliphatic heterocycles. The summed E-state index contributed by atoms with van der Waals surface area (Å²) in [4.78, 5) is 40.4. The Morgan fingerprint density at radius 1 is 1.26 bits per heavy atom. The Labute approximate surface area is 171 Å². The van der Waals surface area contributed by atoms with Gasteiger partial charge < -0.3 is 30.5 Å². The van der Waals surface area contributed by atoms with E-state index >= 15 is 0 Å². The van der Waals surface area contributed by atoms with Crippen molar-refractivity contribution in [3.63, 3.8) is 0 Å². The molecule has 0 radical (unpaired) electrons. The lowest BCUT2D eigenvalue weighted by atomic mass is 10.1. The van der Waals surface area contributed by atoms with Gasteiger partial charge in [0.1, 0.15) is 24.1 Å². The average Bonchev–Trinajstić information content (AvgIpc) is 3.22. The van der Waals surface area contributed by atoms with Crippen molar-refractivity contribution < 1.29 is 56.6 Å². The standard InChI is InChI=1S/C10H15N6O12P3/c11-8-5-9(13-2-12-8)16(3-14-5)10-7(18)6(17)4(25-10)1-28-26-30(22,15-29(19,20)21)27-31(28,23)24/h2-4,6-7,10,17-18H,1H2,(H5-,11,12,13,15,19,20,21,22,23,24)/p+1/t4-,6-,7-,10-,30+/m1/s1. The lowest BCUT2D eigenvalue weighted by Crippen LogP contribution is -2.35. The number of hydrogen-bond acceptors (Lipinski definition) is 12. The molecule has 0 spiro atoms. The summed E-state index contributed by atoms with van der Waals surface area (Å²) in [6.07, 6.45) is -3.59. The zero-order chi connectivity index (χ0) is 22.8. The molecule has 2 aromatic rings. The molecule has 0 amide bonds. The summed E-state index contributed by atoms with van der Waals surface area (Å²) in [5, 5.41) is 20.7. The van der Waals surface area contributed by atoms with E-state index in [0.29, 0.717) is 0 Å². The number of nitrogens with two attached hydrogens (primary N) is 1. The summed E-state index contributed by atoms with van der Waals surface area (Å²) in [6.45, 7) is -0.862. The number of aliphatic hydroxyl groups is 2. The molecule has 2 aromatic heterocycles. The zero-order valence-corrected chi connectivity index (χ0v) is 17.7. The predicted molar refractivity (Wildman–Crippen MR) is 96.4 cm³/mol. The molecule has 21 heteroatoms. The monoisotopic (exact) mass is 505 g/mol. The van der Waals surface area contributed by atoms with Crippen LogP contribution in [-0.2, 0) is 31.7 Å². The first-order chi connectivity index (χ1) is 14.3. The molecule has 1 unspecified atom stereocenters. The molecule has 0 saturated carbocycles. The number of nitrogens with one attached hydrogen (secondary N) is 1. The van der Waals surface area contributed by atoms with E-state index < -0.39 is 54.5 Å². The van der Waals surface area contributed by atoms with Gasteiger partial charge in [-0.25, -0.2) is 24.1 Å². The van der Waals surface area contributed by atoms with Crippen LogP contribution in [0.25, 0.3) is 11.2 Å². The van der Waals surface area contributed by atoms with Crippen LogP contribution in [0.1, 0.15) is 6.23 Å². The molecule has 2 aliphatic rings. The number of rotatable bonds is 5. The molecule has 4 rings (SSSR count). The van der Waals surface area contributed by atoms with Crippen molar-refractivity contribution in [2.45, 2.75) is 24.5 Å². The maximum atomic E-state index is 12.2. The number of ether oxygens (including phenoxy) is 1. The number of aromatic nitrogens is 4. The maximum absolute atomic E-state index is 12.2. The molecule has 8 N–H and O–H groups in total. The van der Waals surface area contributed by atoms with Crippen LogP contribution in [0.2, 0.25) is 0 Å². The smallest absolute Gasteiger partial charge is 0.387 e. The fraction of sp³-hybridized carbons (Fsp3) is 0.500. The normalized spacial score (nSPS) is 37.1. The van der Waals surface area contributed by atoms with Gasteiger partial charge in [0.05, 0.1) is 6.33 Å². The molecule has 6 atom stereocenters. The third-order valence-corrected chi connectivity index (χ3v) is 9.15. The molecule has 18 nitrogen and oxygen atoms in total. The minimum Gasteiger partial charge on any atom is -0.387 e. The molecule has 2 fully saturated rings. The SMILES string of the molecule is Nc1ncnc2c1ncn2[C@@H]1O[C@H](C[O+]2O[P@@](=O)(NP(=O)(O)O)OP2(=O)O)[C@@H](O)[C@H]1O. The highest BCUT2D eigenvalue weighted by molar-refractivity contribution is 7.72. The highest BCUT2D eigenvalue weighted by Gasteiger charge is 2.65. The van der Waals surface area contributed by atoms with Gasteiger partial charge in [-0.15, -0.1) is 13.5 Å². The van der Waals surface area contributed by atoms with Crippen LogP contribution < -0.4 is 10.6 Å². The molecule has 172 valence electrons. The van der Waals surface area contributed by atoms with Crippen LogP contribution in [0, 0.1) is 0 Å². The summed E-state index contributed by atoms with van der Waals surface area (Å²) < 4.78 is 52.0. The highest BCUT2D eigenvalue weighted by atomic mass is 31.3. The van der Waals surface area contributed by atoms with Crippen molar-refractivity contribution in [2.75, 3.05) is 12.3 Å². The van der Waals surface area contributed by atoms with E-state index in [1.807, 2.05) is 0 Å². The molecule has 2 saturated heterocycles. The number of anilines is 1. The quantitative estimate of drug-likeness (QED) is 0.137. The second-order valence-electron chi connectivity index (χ2n) is 6.38. The second kappa shape index (κ2) is 7.60. The molecule has 4 heterocycles. The van der Waals surface area contributed by atoms with Gasteiger partial charge in [0.15, 0.2) is 23.8 Å². The Kier molecular flexibility index (Phi) is 5.60. The Morgan fingerprint density at radius 3 is 2.65 bits per heavy atom. The van der Waals surface area contributed by atoms with E-state index in [4.69, 9.17) is 20.3 Å². The van der Waals surface area contributed by atoms with Gasteiger partial charge in [-0.1, -0.05) is 0 Å². The number of imidazole rings is 1. The predicted octanol–water partition coefficient (Wildman–Crippen LogP) is -1.57. The summed E-state index contributed by atoms with van der Waals surface area (Å²) in [6, 6.07) is 0. The van der Waals surface area contributed by atoms with E-state index in [1.165, 1.54) is 15.8 Å². The Bertz CT molecular complexity index is 1150. The topological polar surface area (TPSA) is 264 Å². The van der Waals surface area contributed by atoms with Crippen molar-refractivity contribution >= 4 is 40.3 Å². The number of fused-ring (bicyclic) bond motifs is 1. The van der Waals surface area contributed by atoms with E-state index in [1.54, 1.807) is 0 Å². The first-order valence-electron chi connectivity index (χ1n) is 8.15. The van der Waals surface area contributed by atoms with E-state index in [9.17, 15) is 28.8 Å². The minimum absolute atomic E-state index is 0.0565. The molecule has 0 aliphatic carbocycles. The van der Waals surface area contributed by atoms with Crippen molar-refractivity contribution in [3.8, 4) is 0 Å². The van der Waals surface area contributed by atoms with Gasteiger partial charge in [0, 0.05) is 4.67 Å². The molecule has 0 aromatic carbocycles. The van der Waals surface area contributed by atoms with Crippen LogP contribution >= 0.6 is 23.3 Å². The average molecular weight is 505 g/mol. The van der Waals surface area contributed by atoms with Crippen molar-refractivity contribution in [3.05, 3.63) is 12.7 Å². The second-order valence-corrected chi connectivity index (χ2v) is 11.4. The summed E-state index contributed by atoms with van der Waals surface area (Å²) in [5.74, 6) is 0.0565. The third kappa shape index (κ3) is 4.31. The van der Waals surface area contributed by atoms with E-state index in [-0.39, 0.29) is 17.0 Å². The number of nitrogen functional groups attached to an aromatic ring is 1. The van der Waals surface area contributed by atoms with Crippen LogP contribution in [-0.4, -0.2) is 69.3 Å². The van der Waals surface area contributed by atoms with E-state index in [0.717, 1.165) is 10.6 Å². The summed E-state index contributed by atoms with van der Waals surface area (Å²) >= 11 is 0. The largest absolute Gasteiger partial charge is 0.683 e. The molecule has 31 heavy (non-hydrogen) atoms. The van der Waals surface area contributed by atoms with Crippen molar-refractivity contribution in [1.29, 1.82) is 0 Å². The number of aliphatic hydroxyl groups excluding tert-OH is 2. The molecular weight excluding hydrogens is 489 g/mol. The van der Waals surface area contributed by atoms with Gasteiger partial charge in [0.25, 0.3) is 0 Å². The van der Waals surface area contributed by atoms with E-state index in [2.05, 4.69) is 23.9 Å². The van der Waals surface area contributed by atoms with Crippen LogP contribution in [0.4, 0.5) is 5.82 Å². The van der Waals surface area contributed by atoms with Crippen LogP contribution in [0.15, 0.2) is 12.7 Å². The van der Waals surface area contributed by atoms with Crippen molar-refractivity contribution in [1.82, 2.24) is 24.4 Å². The molecular formula is C10H16N6O12P3+. The first-order valence-corrected chi connectivity index (χ1v) is 12.8. The van der Waals surface area contributed by atoms with Crippen LogP contribution in [0.3, 0.4) is 0 Å². The summed E-state index contributed by atoms with van der Waals surface area (Å²) in [5.41, 5.74) is 6.07. The number of hydrogen-bond donors (Lipinski definition) is 7. The Balaban J connectivity index is 1.55. The van der Waals surface area contributed by atoms with Gasteiger partial charge >= 0.3 is 23.3 Å². The fourth-order valence-electron chi connectivity index (χ4n) is 2.95. The maximum Gasteiger partial charge on any atom is 0.683 e. The van der Waals surface area contributed by atoms with Gasteiger partial charge in [-0.3, -0.25) is 9.46 Å². The lowest BCUT2D eigenvalue weighted by molar-refractivity contribution is -0.309. The fourth-order valence-corrected chi connectivity index (χ4v) is 7.55. The van der Waals surface area contributed by atoms with Gasteiger partial charge in [-0.2, -0.15) is 4.57 Å². The van der Waals surface area contributed by atoms with Crippen LogP contribution in [0.5, 0.6) is 0 Å². The Morgan fingerprint density at radius 2 is 1.97 bits per heavy atom. The molecule has 0 bridgehead atoms. The summed E-state index contributed by atoms with van der Waals surface area (Å²) in [7, 11) is -15.2. The first kappa shape index (κ1) is 22.8. The van der Waals surface area contributed by atoms with Gasteiger partial charge in [0.2, 0.25) is 6.61 Å². The third-order valence-electron chi connectivity index (χ3n) is 4.21. The highest BCUT2D eigenvalue weighted by Crippen LogP contribution is 2.75.